The molecular weight excluding hydrogens is 552 g/mol. The van der Waals surface area contributed by atoms with Gasteiger partial charge in [-0.15, -0.1) is 0 Å². The number of halogens is 1. The number of hydrogen-bond acceptors (Lipinski definition) is 4. The topological polar surface area (TPSA) is 57.7 Å². The molecule has 3 aromatic carbocycles. The van der Waals surface area contributed by atoms with Gasteiger partial charge in [0.1, 0.15) is 5.70 Å². The molecule has 2 aliphatic heterocycles. The second-order valence-electron chi connectivity index (χ2n) is 11.4. The van der Waals surface area contributed by atoms with Crippen LogP contribution in [-0.4, -0.2) is 22.5 Å². The lowest BCUT2D eigenvalue weighted by Crippen LogP contribution is -2.41. The lowest BCUT2D eigenvalue weighted by Gasteiger charge is -2.43. The first-order valence-electron chi connectivity index (χ1n) is 13.2. The van der Waals surface area contributed by atoms with E-state index in [1.807, 2.05) is 90.7 Å². The lowest BCUT2D eigenvalue weighted by atomic mass is 9.68. The standard InChI is InChI=1S/C33H29BrN2O3/c1-20-9-11-22(12-10-20)27-28-25(17-33(2,3)18-26(28)37)36(24-15-13-23(34)14-16-24)30-29(27)31(38)35(32(30)39)19-21-7-5-4-6-8-21/h4-16,27H,17-19H2,1-3H3. The highest BCUT2D eigenvalue weighted by atomic mass is 79.9. The summed E-state index contributed by atoms with van der Waals surface area (Å²) in [6.07, 6.45) is 1.00. The van der Waals surface area contributed by atoms with E-state index >= 15 is 0 Å². The third kappa shape index (κ3) is 4.37. The van der Waals surface area contributed by atoms with Gasteiger partial charge in [0.2, 0.25) is 0 Å². The average molecular weight is 582 g/mol. The Morgan fingerprint density at radius 2 is 1.49 bits per heavy atom. The van der Waals surface area contributed by atoms with Crippen LogP contribution in [0, 0.1) is 12.3 Å². The Balaban J connectivity index is 1.59. The second kappa shape index (κ2) is 9.45. The fourth-order valence-electron chi connectivity index (χ4n) is 6.04. The number of hydrogen-bond donors (Lipinski definition) is 0. The van der Waals surface area contributed by atoms with E-state index in [1.165, 1.54) is 4.90 Å². The molecule has 0 fully saturated rings. The van der Waals surface area contributed by atoms with Crippen LogP contribution in [0.3, 0.4) is 0 Å². The summed E-state index contributed by atoms with van der Waals surface area (Å²) in [5.74, 6) is -1.23. The summed E-state index contributed by atoms with van der Waals surface area (Å²) in [5.41, 5.74) is 5.46. The van der Waals surface area contributed by atoms with Gasteiger partial charge in [-0.25, -0.2) is 0 Å². The first kappa shape index (κ1) is 25.5. The minimum Gasteiger partial charge on any atom is -0.308 e. The van der Waals surface area contributed by atoms with Crippen LogP contribution in [0.5, 0.6) is 0 Å². The van der Waals surface area contributed by atoms with E-state index < -0.39 is 5.92 Å². The van der Waals surface area contributed by atoms with Crippen molar-refractivity contribution in [2.75, 3.05) is 4.90 Å². The number of carbonyl (C=O) groups excluding carboxylic acids is 3. The molecule has 6 heteroatoms. The smallest absolute Gasteiger partial charge is 0.278 e. The molecule has 3 aliphatic rings. The maximum absolute atomic E-state index is 14.2. The largest absolute Gasteiger partial charge is 0.308 e. The number of aryl methyl sites for hydroxylation is 1. The van der Waals surface area contributed by atoms with E-state index in [0.717, 1.165) is 32.5 Å². The molecule has 0 bridgehead atoms. The first-order valence-corrected chi connectivity index (χ1v) is 14.0. The van der Waals surface area contributed by atoms with Gasteiger partial charge in [0.15, 0.2) is 5.78 Å². The number of rotatable bonds is 4. The van der Waals surface area contributed by atoms with E-state index in [0.29, 0.717) is 29.7 Å². The number of anilines is 1. The fraction of sp³-hybridized carbons (Fsp3) is 0.242. The summed E-state index contributed by atoms with van der Waals surface area (Å²) < 4.78 is 0.906. The molecule has 3 aromatic rings. The summed E-state index contributed by atoms with van der Waals surface area (Å²) in [5, 5.41) is 0. The van der Waals surface area contributed by atoms with Crippen molar-refractivity contribution < 1.29 is 14.4 Å². The Labute approximate surface area is 236 Å². The Kier molecular flexibility index (Phi) is 6.18. The van der Waals surface area contributed by atoms with Crippen molar-refractivity contribution in [2.24, 2.45) is 5.41 Å². The van der Waals surface area contributed by atoms with Crippen molar-refractivity contribution in [3.63, 3.8) is 0 Å². The summed E-state index contributed by atoms with van der Waals surface area (Å²) in [6, 6.07) is 25.2. The van der Waals surface area contributed by atoms with Crippen molar-refractivity contribution >= 4 is 39.2 Å². The van der Waals surface area contributed by atoms with Crippen LogP contribution in [0.25, 0.3) is 0 Å². The van der Waals surface area contributed by atoms with Gasteiger partial charge in [-0.05, 0) is 54.2 Å². The van der Waals surface area contributed by atoms with Crippen LogP contribution in [0.15, 0.2) is 106 Å². The average Bonchev–Trinajstić information content (AvgIpc) is 3.13. The van der Waals surface area contributed by atoms with Crippen LogP contribution in [0.1, 0.15) is 49.3 Å². The Bertz CT molecular complexity index is 1570. The highest BCUT2D eigenvalue weighted by Gasteiger charge is 2.53. The fourth-order valence-corrected chi connectivity index (χ4v) is 6.31. The van der Waals surface area contributed by atoms with Crippen LogP contribution in [-0.2, 0) is 20.9 Å². The van der Waals surface area contributed by atoms with E-state index in [1.54, 1.807) is 0 Å². The van der Waals surface area contributed by atoms with Crippen molar-refractivity contribution in [1.82, 2.24) is 4.90 Å². The van der Waals surface area contributed by atoms with E-state index in [-0.39, 0.29) is 29.6 Å². The van der Waals surface area contributed by atoms with Gasteiger partial charge in [-0.3, -0.25) is 19.3 Å². The number of amides is 2. The molecule has 0 radical (unpaired) electrons. The van der Waals surface area contributed by atoms with Crippen LogP contribution < -0.4 is 4.90 Å². The van der Waals surface area contributed by atoms with Gasteiger partial charge in [-0.1, -0.05) is 89.9 Å². The van der Waals surface area contributed by atoms with E-state index in [4.69, 9.17) is 0 Å². The van der Waals surface area contributed by atoms with Gasteiger partial charge >= 0.3 is 0 Å². The first-order chi connectivity index (χ1) is 18.6. The van der Waals surface area contributed by atoms with Gasteiger partial charge in [-0.2, -0.15) is 0 Å². The molecule has 2 heterocycles. The number of ketones is 1. The van der Waals surface area contributed by atoms with Gasteiger partial charge < -0.3 is 4.90 Å². The zero-order chi connectivity index (χ0) is 27.5. The summed E-state index contributed by atoms with van der Waals surface area (Å²) in [6.45, 7) is 6.35. The number of imide groups is 1. The predicted molar refractivity (Wildman–Crippen MR) is 155 cm³/mol. The molecule has 1 aliphatic carbocycles. The monoisotopic (exact) mass is 580 g/mol. The number of carbonyl (C=O) groups is 3. The molecule has 39 heavy (non-hydrogen) atoms. The Morgan fingerprint density at radius 1 is 0.821 bits per heavy atom. The van der Waals surface area contributed by atoms with Crippen molar-refractivity contribution in [3.05, 3.63) is 123 Å². The van der Waals surface area contributed by atoms with Crippen molar-refractivity contribution in [2.45, 2.75) is 46.1 Å². The maximum Gasteiger partial charge on any atom is 0.278 e. The third-order valence-corrected chi connectivity index (χ3v) is 8.35. The molecule has 6 rings (SSSR count). The van der Waals surface area contributed by atoms with E-state index in [9.17, 15) is 14.4 Å². The Hall–Kier alpha value is -3.77. The zero-order valence-corrected chi connectivity index (χ0v) is 23.8. The van der Waals surface area contributed by atoms with E-state index in [2.05, 4.69) is 29.8 Å². The molecule has 1 atom stereocenters. The van der Waals surface area contributed by atoms with Gasteiger partial charge in [0.25, 0.3) is 11.8 Å². The highest BCUT2D eigenvalue weighted by Crippen LogP contribution is 2.53. The van der Waals surface area contributed by atoms with Crippen LogP contribution in [0.4, 0.5) is 5.69 Å². The van der Waals surface area contributed by atoms with Gasteiger partial charge in [0, 0.05) is 33.8 Å². The van der Waals surface area contributed by atoms with Gasteiger partial charge in [0.05, 0.1) is 12.1 Å². The number of benzene rings is 3. The molecular formula is C33H29BrN2O3. The summed E-state index contributed by atoms with van der Waals surface area (Å²) in [4.78, 5) is 45.6. The molecule has 196 valence electrons. The summed E-state index contributed by atoms with van der Waals surface area (Å²) in [7, 11) is 0. The second-order valence-corrected chi connectivity index (χ2v) is 12.3. The Morgan fingerprint density at radius 3 is 2.15 bits per heavy atom. The molecule has 0 aromatic heterocycles. The minimum atomic E-state index is -0.594. The SMILES string of the molecule is Cc1ccc(C2C3=C(CC(C)(C)CC3=O)N(c3ccc(Br)cc3)C3=C2C(=O)N(Cc2ccccc2)C3=O)cc1. The number of allylic oxidation sites excluding steroid dienone is 2. The number of nitrogens with zero attached hydrogens (tertiary/aromatic N) is 2. The molecule has 1 unspecified atom stereocenters. The normalized spacial score (nSPS) is 20.5. The highest BCUT2D eigenvalue weighted by molar-refractivity contribution is 9.10. The molecule has 0 spiro atoms. The quantitative estimate of drug-likeness (QED) is 0.317. The molecule has 0 saturated carbocycles. The minimum absolute atomic E-state index is 0.0299. The molecule has 0 N–H and O–H groups in total. The third-order valence-electron chi connectivity index (χ3n) is 7.82. The van der Waals surface area contributed by atoms with Crippen molar-refractivity contribution in [3.8, 4) is 0 Å². The zero-order valence-electron chi connectivity index (χ0n) is 22.2. The van der Waals surface area contributed by atoms with Crippen molar-refractivity contribution in [1.29, 1.82) is 0 Å². The predicted octanol–water partition coefficient (Wildman–Crippen LogP) is 6.83. The summed E-state index contributed by atoms with van der Waals surface area (Å²) >= 11 is 3.51. The van der Waals surface area contributed by atoms with Crippen LogP contribution in [0.2, 0.25) is 0 Å². The maximum atomic E-state index is 14.2. The molecule has 2 amide bonds. The molecule has 0 saturated heterocycles. The van der Waals surface area contributed by atoms with Crippen LogP contribution >= 0.6 is 15.9 Å². The molecule has 5 nitrogen and oxygen atoms in total. The lowest BCUT2D eigenvalue weighted by molar-refractivity contribution is -0.138. The number of Topliss-reactive ketones (excluding diaryl/α,β-unsaturated/α-hetero) is 1.